The van der Waals surface area contributed by atoms with E-state index >= 15 is 0 Å². The van der Waals surface area contributed by atoms with Gasteiger partial charge in [-0.25, -0.2) is 0 Å². The van der Waals surface area contributed by atoms with Gasteiger partial charge in [-0.3, -0.25) is 4.79 Å². The van der Waals surface area contributed by atoms with E-state index in [0.717, 1.165) is 23.7 Å². The summed E-state index contributed by atoms with van der Waals surface area (Å²) in [5.41, 5.74) is 1.13. The van der Waals surface area contributed by atoms with Crippen LogP contribution < -0.4 is 5.32 Å². The molecule has 1 N–H and O–H groups in total. The predicted octanol–water partition coefficient (Wildman–Crippen LogP) is 4.52. The first kappa shape index (κ1) is 15.3. The molecule has 0 bridgehead atoms. The summed E-state index contributed by atoms with van der Waals surface area (Å²) < 4.78 is 0. The third-order valence-electron chi connectivity index (χ3n) is 3.05. The number of hydrogen-bond acceptors (Lipinski definition) is 2. The molecule has 0 spiro atoms. The highest BCUT2D eigenvalue weighted by molar-refractivity contribution is 9.09. The Bertz CT molecular complexity index is 513. The topological polar surface area (TPSA) is 29.1 Å². The fraction of sp³-hybridized carbons (Fsp3) is 0.312. The molecule has 0 aliphatic rings. The molecule has 2 nitrogen and oxygen atoms in total. The SMILES string of the molecule is O=C(CCCCBr)NC(c1ccccc1)c1cccs1. The molecule has 106 valence electrons. The lowest BCUT2D eigenvalue weighted by Crippen LogP contribution is -2.28. The molecule has 4 heteroatoms. The van der Waals surface area contributed by atoms with E-state index in [2.05, 4.69) is 39.4 Å². The molecular formula is C16H18BrNOS. The van der Waals surface area contributed by atoms with E-state index in [1.807, 2.05) is 29.6 Å². The number of halogens is 1. The van der Waals surface area contributed by atoms with Gasteiger partial charge in [0.15, 0.2) is 0 Å². The van der Waals surface area contributed by atoms with Crippen LogP contribution in [-0.2, 0) is 4.79 Å². The van der Waals surface area contributed by atoms with Crippen LogP contribution in [0.2, 0.25) is 0 Å². The molecule has 1 aromatic carbocycles. The molecule has 1 atom stereocenters. The molecule has 1 amide bonds. The summed E-state index contributed by atoms with van der Waals surface area (Å²) in [5, 5.41) is 6.15. The number of nitrogens with one attached hydrogen (secondary N) is 1. The van der Waals surface area contributed by atoms with Crippen LogP contribution in [0.4, 0.5) is 0 Å². The summed E-state index contributed by atoms with van der Waals surface area (Å²) in [4.78, 5) is 13.2. The third-order valence-corrected chi connectivity index (χ3v) is 4.55. The maximum absolute atomic E-state index is 12.1. The molecule has 2 rings (SSSR count). The first-order chi connectivity index (χ1) is 9.81. The van der Waals surface area contributed by atoms with Crippen molar-refractivity contribution in [1.29, 1.82) is 0 Å². The lowest BCUT2D eigenvalue weighted by atomic mass is 10.1. The second-order valence-corrected chi connectivity index (χ2v) is 6.34. The van der Waals surface area contributed by atoms with Crippen molar-refractivity contribution in [2.45, 2.75) is 25.3 Å². The quantitative estimate of drug-likeness (QED) is 0.576. The van der Waals surface area contributed by atoms with Crippen LogP contribution in [0.1, 0.15) is 35.7 Å². The summed E-state index contributed by atoms with van der Waals surface area (Å²) in [6.45, 7) is 0. The minimum absolute atomic E-state index is 0.0346. The van der Waals surface area contributed by atoms with Crippen molar-refractivity contribution < 1.29 is 4.79 Å². The number of carbonyl (C=O) groups excluding carboxylic acids is 1. The normalized spacial score (nSPS) is 12.1. The Hall–Kier alpha value is -1.13. The smallest absolute Gasteiger partial charge is 0.220 e. The Balaban J connectivity index is 2.06. The molecule has 2 aromatic rings. The number of hydrogen-bond donors (Lipinski definition) is 1. The van der Waals surface area contributed by atoms with Crippen LogP contribution in [0.5, 0.6) is 0 Å². The average Bonchev–Trinajstić information content (AvgIpc) is 3.00. The maximum Gasteiger partial charge on any atom is 0.220 e. The van der Waals surface area contributed by atoms with Gasteiger partial charge in [-0.2, -0.15) is 0 Å². The minimum atomic E-state index is -0.0346. The molecule has 0 saturated carbocycles. The van der Waals surface area contributed by atoms with Gasteiger partial charge in [-0.15, -0.1) is 11.3 Å². The Labute approximate surface area is 132 Å². The Morgan fingerprint density at radius 1 is 1.15 bits per heavy atom. The van der Waals surface area contributed by atoms with E-state index in [1.165, 1.54) is 4.88 Å². The molecule has 0 fully saturated rings. The van der Waals surface area contributed by atoms with Crippen LogP contribution in [0.15, 0.2) is 47.8 Å². The molecule has 1 unspecified atom stereocenters. The summed E-state index contributed by atoms with van der Waals surface area (Å²) in [6.07, 6.45) is 2.53. The van der Waals surface area contributed by atoms with Gasteiger partial charge in [0.1, 0.15) is 0 Å². The van der Waals surface area contributed by atoms with Crippen LogP contribution in [0.25, 0.3) is 0 Å². The Kier molecular flexibility index (Phi) is 6.27. The number of benzene rings is 1. The van der Waals surface area contributed by atoms with Gasteiger partial charge in [0, 0.05) is 16.6 Å². The van der Waals surface area contributed by atoms with Crippen LogP contribution in [-0.4, -0.2) is 11.2 Å². The van der Waals surface area contributed by atoms with E-state index in [-0.39, 0.29) is 11.9 Å². The molecule has 20 heavy (non-hydrogen) atoms. The zero-order chi connectivity index (χ0) is 14.2. The molecule has 0 aliphatic heterocycles. The highest BCUT2D eigenvalue weighted by atomic mass is 79.9. The number of rotatable bonds is 7. The predicted molar refractivity (Wildman–Crippen MR) is 88.4 cm³/mol. The summed E-state index contributed by atoms with van der Waals surface area (Å²) in [5.74, 6) is 0.119. The monoisotopic (exact) mass is 351 g/mol. The van der Waals surface area contributed by atoms with Crippen molar-refractivity contribution >= 4 is 33.2 Å². The van der Waals surface area contributed by atoms with Crippen molar-refractivity contribution in [2.24, 2.45) is 0 Å². The number of unbranched alkanes of at least 4 members (excludes halogenated alkanes) is 1. The van der Waals surface area contributed by atoms with Crippen LogP contribution in [0, 0.1) is 0 Å². The first-order valence-corrected chi connectivity index (χ1v) is 8.75. The Morgan fingerprint density at radius 2 is 1.95 bits per heavy atom. The lowest BCUT2D eigenvalue weighted by Gasteiger charge is -2.18. The number of amides is 1. The van der Waals surface area contributed by atoms with Crippen molar-refractivity contribution in [2.75, 3.05) is 5.33 Å². The van der Waals surface area contributed by atoms with Crippen molar-refractivity contribution in [3.8, 4) is 0 Å². The van der Waals surface area contributed by atoms with Gasteiger partial charge in [-0.1, -0.05) is 52.3 Å². The summed E-state index contributed by atoms with van der Waals surface area (Å²) in [6, 6.07) is 14.2. The first-order valence-electron chi connectivity index (χ1n) is 6.75. The molecule has 1 aromatic heterocycles. The second kappa shape index (κ2) is 8.22. The largest absolute Gasteiger partial charge is 0.344 e. The molecular weight excluding hydrogens is 334 g/mol. The van der Waals surface area contributed by atoms with Gasteiger partial charge < -0.3 is 5.32 Å². The fourth-order valence-electron chi connectivity index (χ4n) is 2.03. The van der Waals surface area contributed by atoms with E-state index in [9.17, 15) is 4.79 Å². The number of alkyl halides is 1. The standard InChI is InChI=1S/C16H18BrNOS/c17-11-5-4-10-15(19)18-16(14-9-6-12-20-14)13-7-2-1-3-8-13/h1-3,6-9,12,16H,4-5,10-11H2,(H,18,19). The zero-order valence-electron chi connectivity index (χ0n) is 11.2. The summed E-state index contributed by atoms with van der Waals surface area (Å²) >= 11 is 5.06. The molecule has 0 radical (unpaired) electrons. The van der Waals surface area contributed by atoms with E-state index in [4.69, 9.17) is 0 Å². The van der Waals surface area contributed by atoms with Gasteiger partial charge >= 0.3 is 0 Å². The summed E-state index contributed by atoms with van der Waals surface area (Å²) in [7, 11) is 0. The number of carbonyl (C=O) groups is 1. The van der Waals surface area contributed by atoms with E-state index in [0.29, 0.717) is 6.42 Å². The van der Waals surface area contributed by atoms with Gasteiger partial charge in [0.2, 0.25) is 5.91 Å². The van der Waals surface area contributed by atoms with Crippen molar-refractivity contribution in [1.82, 2.24) is 5.32 Å². The minimum Gasteiger partial charge on any atom is -0.344 e. The number of thiophene rings is 1. The van der Waals surface area contributed by atoms with Crippen molar-refractivity contribution in [3.63, 3.8) is 0 Å². The fourth-order valence-corrected chi connectivity index (χ4v) is 3.23. The van der Waals surface area contributed by atoms with E-state index < -0.39 is 0 Å². The molecule has 0 aliphatic carbocycles. The van der Waals surface area contributed by atoms with Gasteiger partial charge in [-0.05, 0) is 29.9 Å². The van der Waals surface area contributed by atoms with Crippen LogP contribution in [0.3, 0.4) is 0 Å². The highest BCUT2D eigenvalue weighted by Gasteiger charge is 2.17. The highest BCUT2D eigenvalue weighted by Crippen LogP contribution is 2.26. The molecule has 1 heterocycles. The van der Waals surface area contributed by atoms with Gasteiger partial charge in [0.25, 0.3) is 0 Å². The zero-order valence-corrected chi connectivity index (χ0v) is 13.6. The van der Waals surface area contributed by atoms with E-state index in [1.54, 1.807) is 11.3 Å². The Morgan fingerprint density at radius 3 is 2.60 bits per heavy atom. The lowest BCUT2D eigenvalue weighted by molar-refractivity contribution is -0.121. The second-order valence-electron chi connectivity index (χ2n) is 4.57. The van der Waals surface area contributed by atoms with Gasteiger partial charge in [0.05, 0.1) is 6.04 Å². The molecule has 0 saturated heterocycles. The average molecular weight is 352 g/mol. The van der Waals surface area contributed by atoms with Crippen LogP contribution >= 0.6 is 27.3 Å². The maximum atomic E-state index is 12.1. The van der Waals surface area contributed by atoms with Crippen molar-refractivity contribution in [3.05, 3.63) is 58.3 Å². The third kappa shape index (κ3) is 4.46.